The van der Waals surface area contributed by atoms with Crippen LogP contribution in [0.15, 0.2) is 78.4 Å². The maximum atomic E-state index is 13.2. The summed E-state index contributed by atoms with van der Waals surface area (Å²) in [5.41, 5.74) is 10.1. The SMILES string of the molecule is CC1(Nc2ccc(N)cc2)N/C(=C2/C(=O)Nc3ccccc3C2=O)c2ccccc21. The summed E-state index contributed by atoms with van der Waals surface area (Å²) in [6.07, 6.45) is 0. The molecule has 0 saturated carbocycles. The molecule has 0 fully saturated rings. The third kappa shape index (κ3) is 2.73. The smallest absolute Gasteiger partial charge is 0.261 e. The highest BCUT2D eigenvalue weighted by atomic mass is 16.2. The lowest BCUT2D eigenvalue weighted by Gasteiger charge is -2.30. The van der Waals surface area contributed by atoms with Gasteiger partial charge in [-0.05, 0) is 43.3 Å². The standard InChI is InChI=1S/C24H20N4O2/c1-24(27-15-12-10-14(25)11-13-15)18-8-4-2-6-16(18)21(28-24)20-22(29)17-7-3-5-9-19(17)26-23(20)30/h2-13,27-28H,25H2,1H3,(H,26,30)/b21-20+. The molecule has 1 amide bonds. The Morgan fingerprint density at radius 2 is 1.53 bits per heavy atom. The van der Waals surface area contributed by atoms with Gasteiger partial charge in [-0.25, -0.2) is 0 Å². The monoisotopic (exact) mass is 396 g/mol. The molecule has 2 aliphatic heterocycles. The Kier molecular flexibility index (Phi) is 3.89. The first-order valence-electron chi connectivity index (χ1n) is 9.67. The Morgan fingerprint density at radius 3 is 2.30 bits per heavy atom. The van der Waals surface area contributed by atoms with E-state index in [0.29, 0.717) is 22.6 Å². The van der Waals surface area contributed by atoms with Gasteiger partial charge in [-0.15, -0.1) is 0 Å². The molecular weight excluding hydrogens is 376 g/mol. The minimum absolute atomic E-state index is 0.115. The molecule has 0 aliphatic carbocycles. The number of ketones is 1. The number of nitrogens with two attached hydrogens (primary N) is 1. The Balaban J connectivity index is 1.63. The van der Waals surface area contributed by atoms with Crippen molar-refractivity contribution >= 4 is 34.4 Å². The molecule has 1 atom stereocenters. The average Bonchev–Trinajstić information content (AvgIpc) is 3.02. The molecule has 0 aromatic heterocycles. The summed E-state index contributed by atoms with van der Waals surface area (Å²) in [5, 5.41) is 9.73. The minimum Gasteiger partial charge on any atom is -0.399 e. The van der Waals surface area contributed by atoms with Crippen LogP contribution in [0.5, 0.6) is 0 Å². The van der Waals surface area contributed by atoms with Crippen LogP contribution in [0.4, 0.5) is 17.1 Å². The van der Waals surface area contributed by atoms with Crippen molar-refractivity contribution in [2.45, 2.75) is 12.6 Å². The Morgan fingerprint density at radius 1 is 0.867 bits per heavy atom. The number of hydrogen-bond donors (Lipinski definition) is 4. The zero-order valence-electron chi connectivity index (χ0n) is 16.3. The molecule has 6 heteroatoms. The lowest BCUT2D eigenvalue weighted by atomic mass is 9.92. The Bertz CT molecular complexity index is 1230. The predicted octanol–water partition coefficient (Wildman–Crippen LogP) is 3.70. The summed E-state index contributed by atoms with van der Waals surface area (Å²) in [7, 11) is 0. The fourth-order valence-corrected chi connectivity index (χ4v) is 4.11. The van der Waals surface area contributed by atoms with Gasteiger partial charge in [0.15, 0.2) is 0 Å². The molecule has 0 spiro atoms. The molecule has 5 N–H and O–H groups in total. The molecule has 6 nitrogen and oxygen atoms in total. The van der Waals surface area contributed by atoms with Crippen molar-refractivity contribution in [2.24, 2.45) is 0 Å². The number of anilines is 3. The van der Waals surface area contributed by atoms with Gasteiger partial charge in [0.05, 0.1) is 11.4 Å². The van der Waals surface area contributed by atoms with Gasteiger partial charge in [-0.3, -0.25) is 9.59 Å². The highest BCUT2D eigenvalue weighted by Crippen LogP contribution is 2.40. The second kappa shape index (κ2) is 6.49. The zero-order valence-corrected chi connectivity index (χ0v) is 16.3. The second-order valence-corrected chi connectivity index (χ2v) is 7.62. The van der Waals surface area contributed by atoms with Crippen molar-refractivity contribution < 1.29 is 9.59 Å². The zero-order chi connectivity index (χ0) is 20.9. The number of nitrogen functional groups attached to an aromatic ring is 1. The third-order valence-corrected chi connectivity index (χ3v) is 5.54. The van der Waals surface area contributed by atoms with E-state index in [1.807, 2.05) is 55.5 Å². The van der Waals surface area contributed by atoms with Crippen molar-refractivity contribution in [1.29, 1.82) is 0 Å². The van der Waals surface area contributed by atoms with Gasteiger partial charge >= 0.3 is 0 Å². The molecule has 5 rings (SSSR count). The van der Waals surface area contributed by atoms with Crippen molar-refractivity contribution in [3.8, 4) is 0 Å². The first kappa shape index (κ1) is 18.0. The summed E-state index contributed by atoms with van der Waals surface area (Å²) in [4.78, 5) is 26.1. The summed E-state index contributed by atoms with van der Waals surface area (Å²) in [6, 6.07) is 22.2. The van der Waals surface area contributed by atoms with E-state index >= 15 is 0 Å². The van der Waals surface area contributed by atoms with Crippen LogP contribution in [-0.4, -0.2) is 11.7 Å². The van der Waals surface area contributed by atoms with Gasteiger partial charge in [-0.1, -0.05) is 36.4 Å². The lowest BCUT2D eigenvalue weighted by Crippen LogP contribution is -2.42. The first-order chi connectivity index (χ1) is 14.5. The summed E-state index contributed by atoms with van der Waals surface area (Å²) < 4.78 is 0. The molecule has 148 valence electrons. The fraction of sp³-hybridized carbons (Fsp3) is 0.0833. The van der Waals surface area contributed by atoms with Gasteiger partial charge in [0, 0.05) is 28.1 Å². The molecule has 30 heavy (non-hydrogen) atoms. The van der Waals surface area contributed by atoms with Gasteiger partial charge in [-0.2, -0.15) is 0 Å². The molecule has 2 heterocycles. The molecule has 0 saturated heterocycles. The number of nitrogens with one attached hydrogen (secondary N) is 3. The Labute approximate surface area is 173 Å². The van der Waals surface area contributed by atoms with Crippen molar-refractivity contribution in [3.63, 3.8) is 0 Å². The van der Waals surface area contributed by atoms with Gasteiger partial charge < -0.3 is 21.7 Å². The number of para-hydroxylation sites is 1. The van der Waals surface area contributed by atoms with Crippen molar-refractivity contribution in [1.82, 2.24) is 5.32 Å². The van der Waals surface area contributed by atoms with E-state index in [2.05, 4.69) is 16.0 Å². The van der Waals surface area contributed by atoms with Crippen LogP contribution >= 0.6 is 0 Å². The quantitative estimate of drug-likeness (QED) is 0.301. The van der Waals surface area contributed by atoms with Crippen LogP contribution in [0.2, 0.25) is 0 Å². The van der Waals surface area contributed by atoms with E-state index < -0.39 is 11.6 Å². The van der Waals surface area contributed by atoms with Gasteiger partial charge in [0.2, 0.25) is 5.78 Å². The normalized spacial score (nSPS) is 22.0. The fourth-order valence-electron chi connectivity index (χ4n) is 4.11. The molecule has 3 aromatic carbocycles. The van der Waals surface area contributed by atoms with E-state index in [1.165, 1.54) is 0 Å². The minimum atomic E-state index is -0.716. The van der Waals surface area contributed by atoms with Gasteiger partial charge in [0.25, 0.3) is 5.91 Å². The molecule has 1 unspecified atom stereocenters. The topological polar surface area (TPSA) is 96.2 Å². The number of amides is 1. The van der Waals surface area contributed by atoms with Crippen LogP contribution in [0, 0.1) is 0 Å². The van der Waals surface area contributed by atoms with Crippen LogP contribution in [-0.2, 0) is 10.5 Å². The van der Waals surface area contributed by atoms with Crippen LogP contribution in [0.3, 0.4) is 0 Å². The van der Waals surface area contributed by atoms with E-state index in [9.17, 15) is 9.59 Å². The first-order valence-corrected chi connectivity index (χ1v) is 9.67. The van der Waals surface area contributed by atoms with Crippen LogP contribution < -0.4 is 21.7 Å². The number of fused-ring (bicyclic) bond motifs is 2. The molecule has 0 radical (unpaired) electrons. The number of rotatable bonds is 2. The highest BCUT2D eigenvalue weighted by Gasteiger charge is 2.41. The number of hydrogen-bond acceptors (Lipinski definition) is 5. The summed E-state index contributed by atoms with van der Waals surface area (Å²) in [6.45, 7) is 1.98. The maximum absolute atomic E-state index is 13.2. The largest absolute Gasteiger partial charge is 0.399 e. The average molecular weight is 396 g/mol. The summed E-state index contributed by atoms with van der Waals surface area (Å²) >= 11 is 0. The maximum Gasteiger partial charge on any atom is 0.261 e. The van der Waals surface area contributed by atoms with Crippen LogP contribution in [0.25, 0.3) is 5.70 Å². The molecule has 3 aromatic rings. The molecule has 0 bridgehead atoms. The highest BCUT2D eigenvalue weighted by molar-refractivity contribution is 6.37. The second-order valence-electron chi connectivity index (χ2n) is 7.62. The predicted molar refractivity (Wildman–Crippen MR) is 118 cm³/mol. The van der Waals surface area contributed by atoms with E-state index in [-0.39, 0.29) is 11.4 Å². The summed E-state index contributed by atoms with van der Waals surface area (Å²) in [5.74, 6) is -0.698. The Hall–Kier alpha value is -4.06. The van der Waals surface area contributed by atoms with E-state index in [0.717, 1.165) is 16.8 Å². The number of carbonyl (C=O) groups is 2. The molecule has 2 aliphatic rings. The van der Waals surface area contributed by atoms with E-state index in [4.69, 9.17) is 5.73 Å². The molecular formula is C24H20N4O2. The van der Waals surface area contributed by atoms with Crippen molar-refractivity contribution in [3.05, 3.63) is 95.1 Å². The van der Waals surface area contributed by atoms with E-state index in [1.54, 1.807) is 24.3 Å². The van der Waals surface area contributed by atoms with Crippen molar-refractivity contribution in [2.75, 3.05) is 16.4 Å². The number of Topliss-reactive ketones (excluding diaryl/α,β-unsaturated/α-hetero) is 1. The lowest BCUT2D eigenvalue weighted by molar-refractivity contribution is -0.112. The number of carbonyl (C=O) groups excluding carboxylic acids is 2. The van der Waals surface area contributed by atoms with Crippen LogP contribution in [0.1, 0.15) is 28.4 Å². The van der Waals surface area contributed by atoms with Gasteiger partial charge in [0.1, 0.15) is 11.2 Å². The third-order valence-electron chi connectivity index (χ3n) is 5.54. The number of benzene rings is 3.